The van der Waals surface area contributed by atoms with Gasteiger partial charge in [0.2, 0.25) is 11.8 Å². The van der Waals surface area contributed by atoms with Crippen molar-refractivity contribution in [2.24, 2.45) is 10.9 Å². The van der Waals surface area contributed by atoms with Gasteiger partial charge in [0.25, 0.3) is 0 Å². The highest BCUT2D eigenvalue weighted by atomic mass is 16.2. The van der Waals surface area contributed by atoms with Gasteiger partial charge >= 0.3 is 6.03 Å². The molecule has 0 unspecified atom stereocenters. The molecule has 0 radical (unpaired) electrons. The van der Waals surface area contributed by atoms with Gasteiger partial charge in [-0.05, 0) is 6.42 Å². The number of aliphatic imine (C=N–C) groups is 1. The van der Waals surface area contributed by atoms with Crippen LogP contribution in [0.25, 0.3) is 0 Å². The summed E-state index contributed by atoms with van der Waals surface area (Å²) in [5, 5.41) is 0. The first-order valence-corrected chi connectivity index (χ1v) is 6.57. The molecule has 0 saturated carbocycles. The van der Waals surface area contributed by atoms with E-state index in [2.05, 4.69) is 9.98 Å². The van der Waals surface area contributed by atoms with E-state index in [1.165, 1.54) is 20.3 Å². The fraction of sp³-hybridized carbons (Fsp3) is 0.462. The Morgan fingerprint density at radius 3 is 2.48 bits per heavy atom. The largest absolute Gasteiger partial charge is 0.337 e. The van der Waals surface area contributed by atoms with Crippen LogP contribution in [0.5, 0.6) is 0 Å². The lowest BCUT2D eigenvalue weighted by molar-refractivity contribution is -0.144. The normalized spacial score (nSPS) is 17.3. The Kier molecular flexibility index (Phi) is 4.46. The Hall–Kier alpha value is -2.51. The van der Waals surface area contributed by atoms with E-state index in [1.807, 2.05) is 10.8 Å². The summed E-state index contributed by atoms with van der Waals surface area (Å²) in [6.07, 6.45) is 7.37. The van der Waals surface area contributed by atoms with Gasteiger partial charge in [0.15, 0.2) is 5.92 Å². The van der Waals surface area contributed by atoms with Crippen molar-refractivity contribution in [3.8, 4) is 0 Å². The van der Waals surface area contributed by atoms with Crippen LogP contribution in [0, 0.1) is 5.92 Å². The van der Waals surface area contributed by atoms with E-state index in [9.17, 15) is 14.4 Å². The molecule has 0 atom stereocenters. The predicted molar refractivity (Wildman–Crippen MR) is 74.6 cm³/mol. The van der Waals surface area contributed by atoms with Crippen molar-refractivity contribution in [2.45, 2.75) is 13.0 Å². The monoisotopic (exact) mass is 291 g/mol. The second-order valence-corrected chi connectivity index (χ2v) is 4.76. The molecule has 21 heavy (non-hydrogen) atoms. The number of imidazole rings is 1. The third-order valence-electron chi connectivity index (χ3n) is 3.28. The fourth-order valence-corrected chi connectivity index (χ4v) is 2.01. The van der Waals surface area contributed by atoms with E-state index in [0.717, 1.165) is 22.8 Å². The molecule has 8 nitrogen and oxygen atoms in total. The Morgan fingerprint density at radius 1 is 1.24 bits per heavy atom. The van der Waals surface area contributed by atoms with Crippen LogP contribution < -0.4 is 0 Å². The molecule has 2 rings (SSSR count). The van der Waals surface area contributed by atoms with E-state index in [4.69, 9.17) is 0 Å². The first kappa shape index (κ1) is 14.9. The lowest BCUT2D eigenvalue weighted by Crippen LogP contribution is -2.57. The Labute approximate surface area is 122 Å². The number of rotatable bonds is 5. The molecule has 1 fully saturated rings. The molecular weight excluding hydrogens is 274 g/mol. The third kappa shape index (κ3) is 3.15. The number of carbonyl (C=O) groups excluding carboxylic acids is 3. The number of urea groups is 1. The summed E-state index contributed by atoms with van der Waals surface area (Å²) in [4.78, 5) is 45.3. The zero-order chi connectivity index (χ0) is 15.4. The van der Waals surface area contributed by atoms with Crippen molar-refractivity contribution < 1.29 is 14.4 Å². The minimum absolute atomic E-state index is 0.497. The van der Waals surface area contributed by atoms with Gasteiger partial charge < -0.3 is 4.57 Å². The number of imide groups is 2. The van der Waals surface area contributed by atoms with Crippen molar-refractivity contribution in [1.29, 1.82) is 0 Å². The molecule has 0 aromatic carbocycles. The summed E-state index contributed by atoms with van der Waals surface area (Å²) in [6, 6.07) is -0.616. The maximum absolute atomic E-state index is 11.9. The molecule has 1 saturated heterocycles. The van der Waals surface area contributed by atoms with Crippen molar-refractivity contribution in [2.75, 3.05) is 20.6 Å². The number of carbonyl (C=O) groups is 3. The number of aromatic nitrogens is 2. The molecule has 4 amide bonds. The van der Waals surface area contributed by atoms with E-state index >= 15 is 0 Å². The fourth-order valence-electron chi connectivity index (χ4n) is 2.01. The summed E-state index contributed by atoms with van der Waals surface area (Å²) in [5.41, 5.74) is 0. The van der Waals surface area contributed by atoms with E-state index < -0.39 is 23.8 Å². The summed E-state index contributed by atoms with van der Waals surface area (Å²) in [7, 11) is 2.71. The minimum atomic E-state index is -1.01. The zero-order valence-electron chi connectivity index (χ0n) is 12.0. The first-order valence-electron chi connectivity index (χ1n) is 6.57. The van der Waals surface area contributed by atoms with Gasteiger partial charge in [-0.1, -0.05) is 0 Å². The van der Waals surface area contributed by atoms with Crippen molar-refractivity contribution in [1.82, 2.24) is 19.4 Å². The molecule has 0 bridgehead atoms. The van der Waals surface area contributed by atoms with Gasteiger partial charge in [-0.15, -0.1) is 0 Å². The standard InChI is InChI=1S/C13H17N5O3/c1-16-11(19)10(12(20)17(2)13(16)21)8-14-4-3-6-18-7-5-15-9-18/h5,7-10H,3-4,6H2,1-2H3. The average molecular weight is 291 g/mol. The van der Waals surface area contributed by atoms with Gasteiger partial charge in [-0.2, -0.15) is 0 Å². The number of hydrogen-bond acceptors (Lipinski definition) is 5. The maximum Gasteiger partial charge on any atom is 0.332 e. The second kappa shape index (κ2) is 6.29. The Morgan fingerprint density at radius 2 is 1.90 bits per heavy atom. The quantitative estimate of drug-likeness (QED) is 0.434. The van der Waals surface area contributed by atoms with Crippen molar-refractivity contribution in [3.63, 3.8) is 0 Å². The minimum Gasteiger partial charge on any atom is -0.337 e. The molecule has 1 aromatic heterocycles. The molecule has 8 heteroatoms. The highest BCUT2D eigenvalue weighted by Gasteiger charge is 2.41. The molecule has 0 N–H and O–H groups in total. The summed E-state index contributed by atoms with van der Waals surface area (Å²) in [6.45, 7) is 1.26. The van der Waals surface area contributed by atoms with Gasteiger partial charge in [-0.25, -0.2) is 9.78 Å². The topological polar surface area (TPSA) is 87.9 Å². The van der Waals surface area contributed by atoms with E-state index in [-0.39, 0.29) is 0 Å². The summed E-state index contributed by atoms with van der Waals surface area (Å²) in [5.74, 6) is -2.09. The van der Waals surface area contributed by atoms with Gasteiger partial charge in [-0.3, -0.25) is 24.4 Å². The molecule has 1 aliphatic rings. The number of aryl methyl sites for hydroxylation is 1. The van der Waals surface area contributed by atoms with Crippen molar-refractivity contribution in [3.05, 3.63) is 18.7 Å². The van der Waals surface area contributed by atoms with Crippen LogP contribution in [0.3, 0.4) is 0 Å². The zero-order valence-corrected chi connectivity index (χ0v) is 12.0. The molecular formula is C13H17N5O3. The van der Waals surface area contributed by atoms with Crippen LogP contribution in [0.4, 0.5) is 4.79 Å². The molecule has 0 aliphatic carbocycles. The summed E-state index contributed by atoms with van der Waals surface area (Å²) >= 11 is 0. The molecule has 112 valence electrons. The van der Waals surface area contributed by atoms with Gasteiger partial charge in [0, 0.05) is 45.8 Å². The van der Waals surface area contributed by atoms with Crippen LogP contribution >= 0.6 is 0 Å². The van der Waals surface area contributed by atoms with Crippen LogP contribution in [-0.2, 0) is 16.1 Å². The lowest BCUT2D eigenvalue weighted by Gasteiger charge is -2.31. The second-order valence-electron chi connectivity index (χ2n) is 4.76. The molecule has 0 spiro atoms. The Balaban J connectivity index is 1.88. The first-order chi connectivity index (χ1) is 10.0. The van der Waals surface area contributed by atoms with E-state index in [0.29, 0.717) is 6.54 Å². The highest BCUT2D eigenvalue weighted by Crippen LogP contribution is 2.13. The average Bonchev–Trinajstić information content (AvgIpc) is 2.99. The van der Waals surface area contributed by atoms with Crippen molar-refractivity contribution >= 4 is 24.1 Å². The van der Waals surface area contributed by atoms with Crippen LogP contribution in [-0.4, -0.2) is 64.1 Å². The SMILES string of the molecule is CN1C(=O)C(C=NCCCn2ccnc2)C(=O)N(C)C1=O. The lowest BCUT2D eigenvalue weighted by atomic mass is 10.1. The predicted octanol–water partition coefficient (Wildman–Crippen LogP) is 0.0106. The highest BCUT2D eigenvalue weighted by molar-refractivity contribution is 6.23. The smallest absolute Gasteiger partial charge is 0.332 e. The third-order valence-corrected chi connectivity index (χ3v) is 3.28. The maximum atomic E-state index is 11.9. The molecule has 1 aromatic rings. The number of hydrogen-bond donors (Lipinski definition) is 0. The van der Waals surface area contributed by atoms with Crippen LogP contribution in [0.2, 0.25) is 0 Å². The van der Waals surface area contributed by atoms with Crippen LogP contribution in [0.15, 0.2) is 23.7 Å². The molecule has 2 heterocycles. The number of barbiturate groups is 1. The van der Waals surface area contributed by atoms with Gasteiger partial charge in [0.1, 0.15) is 0 Å². The van der Waals surface area contributed by atoms with Crippen LogP contribution in [0.1, 0.15) is 6.42 Å². The Bertz CT molecular complexity index is 542. The number of nitrogens with zero attached hydrogens (tertiary/aromatic N) is 5. The molecule has 1 aliphatic heterocycles. The summed E-state index contributed by atoms with van der Waals surface area (Å²) < 4.78 is 1.92. The number of amides is 4. The van der Waals surface area contributed by atoms with Gasteiger partial charge in [0.05, 0.1) is 6.33 Å². The van der Waals surface area contributed by atoms with E-state index in [1.54, 1.807) is 12.5 Å².